The Morgan fingerprint density at radius 3 is 2.90 bits per heavy atom. The molecule has 0 saturated carbocycles. The molecule has 108 valence electrons. The van der Waals surface area contributed by atoms with Crippen LogP contribution in [-0.2, 0) is 4.79 Å². The minimum atomic E-state index is -0.370. The van der Waals surface area contributed by atoms with Crippen LogP contribution in [0.1, 0.15) is 26.2 Å². The lowest BCUT2D eigenvalue weighted by molar-refractivity contribution is -0.126. The van der Waals surface area contributed by atoms with E-state index in [1.165, 1.54) is 17.8 Å². The second-order valence-electron chi connectivity index (χ2n) is 4.70. The molecule has 5 heteroatoms. The summed E-state index contributed by atoms with van der Waals surface area (Å²) < 4.78 is 13.6. The average Bonchev–Trinajstić information content (AvgIpc) is 2.92. The van der Waals surface area contributed by atoms with Crippen LogP contribution in [-0.4, -0.2) is 23.1 Å². The molecule has 1 aliphatic carbocycles. The Morgan fingerprint density at radius 2 is 2.30 bits per heavy atom. The maximum Gasteiger partial charge on any atom is 0.237 e. The SMILES string of the molecule is CCN(C(=O)CSc1ccc(N)cc1F)C1=CCCC1. The van der Waals surface area contributed by atoms with Crippen LogP contribution in [0, 0.1) is 5.82 Å². The Balaban J connectivity index is 1.97. The zero-order valence-electron chi connectivity index (χ0n) is 11.6. The highest BCUT2D eigenvalue weighted by atomic mass is 32.2. The summed E-state index contributed by atoms with van der Waals surface area (Å²) in [6.45, 7) is 2.63. The highest BCUT2D eigenvalue weighted by Gasteiger charge is 2.19. The standard InChI is InChI=1S/C15H19FN2OS/c1-2-18(12-5-3-4-6-12)15(19)10-20-14-8-7-11(17)9-13(14)16/h5,7-9H,2-4,6,10,17H2,1H3. The summed E-state index contributed by atoms with van der Waals surface area (Å²) in [5, 5.41) is 0. The van der Waals surface area contributed by atoms with E-state index in [0.717, 1.165) is 25.0 Å². The average molecular weight is 294 g/mol. The third kappa shape index (κ3) is 3.54. The van der Waals surface area contributed by atoms with Crippen molar-refractivity contribution in [3.63, 3.8) is 0 Å². The molecule has 0 spiro atoms. The Kier molecular flexibility index (Phi) is 5.06. The summed E-state index contributed by atoms with van der Waals surface area (Å²) in [4.78, 5) is 14.5. The Labute approximate surface area is 123 Å². The van der Waals surface area contributed by atoms with Crippen LogP contribution >= 0.6 is 11.8 Å². The van der Waals surface area contributed by atoms with Gasteiger partial charge < -0.3 is 10.6 Å². The van der Waals surface area contributed by atoms with E-state index in [1.54, 1.807) is 17.0 Å². The molecule has 0 atom stereocenters. The number of benzene rings is 1. The summed E-state index contributed by atoms with van der Waals surface area (Å²) in [5.41, 5.74) is 7.00. The number of carbonyl (C=O) groups excluding carboxylic acids is 1. The van der Waals surface area contributed by atoms with Crippen LogP contribution in [0.5, 0.6) is 0 Å². The van der Waals surface area contributed by atoms with Gasteiger partial charge in [0.25, 0.3) is 0 Å². The van der Waals surface area contributed by atoms with Gasteiger partial charge >= 0.3 is 0 Å². The van der Waals surface area contributed by atoms with Crippen LogP contribution in [0.4, 0.5) is 10.1 Å². The van der Waals surface area contributed by atoms with E-state index in [4.69, 9.17) is 5.73 Å². The molecule has 0 aliphatic heterocycles. The van der Waals surface area contributed by atoms with E-state index in [9.17, 15) is 9.18 Å². The van der Waals surface area contributed by atoms with Gasteiger partial charge in [-0.15, -0.1) is 11.8 Å². The molecule has 2 rings (SSSR count). The first-order valence-electron chi connectivity index (χ1n) is 6.79. The maximum absolute atomic E-state index is 13.6. The van der Waals surface area contributed by atoms with Gasteiger partial charge in [0.15, 0.2) is 0 Å². The Morgan fingerprint density at radius 1 is 1.50 bits per heavy atom. The fourth-order valence-corrected chi connectivity index (χ4v) is 3.09. The van der Waals surface area contributed by atoms with Gasteiger partial charge in [-0.05, 0) is 44.4 Å². The molecular formula is C15H19FN2OS. The van der Waals surface area contributed by atoms with Crippen molar-refractivity contribution in [1.29, 1.82) is 0 Å². The monoisotopic (exact) mass is 294 g/mol. The number of hydrogen-bond acceptors (Lipinski definition) is 3. The lowest BCUT2D eigenvalue weighted by atomic mass is 10.3. The molecule has 1 aromatic rings. The number of nitrogens with zero attached hydrogens (tertiary/aromatic N) is 1. The lowest BCUT2D eigenvalue weighted by Gasteiger charge is -2.22. The van der Waals surface area contributed by atoms with E-state index < -0.39 is 0 Å². The second kappa shape index (κ2) is 6.79. The number of hydrogen-bond donors (Lipinski definition) is 1. The molecular weight excluding hydrogens is 275 g/mol. The fourth-order valence-electron chi connectivity index (χ4n) is 2.29. The van der Waals surface area contributed by atoms with Crippen molar-refractivity contribution in [3.05, 3.63) is 35.8 Å². The van der Waals surface area contributed by atoms with Gasteiger partial charge in [-0.2, -0.15) is 0 Å². The number of anilines is 1. The van der Waals surface area contributed by atoms with Crippen LogP contribution < -0.4 is 5.73 Å². The lowest BCUT2D eigenvalue weighted by Crippen LogP contribution is -2.31. The smallest absolute Gasteiger partial charge is 0.237 e. The number of nitrogen functional groups attached to an aromatic ring is 1. The van der Waals surface area contributed by atoms with Gasteiger partial charge in [0, 0.05) is 22.8 Å². The maximum atomic E-state index is 13.6. The first-order valence-corrected chi connectivity index (χ1v) is 7.77. The van der Waals surface area contributed by atoms with Crippen LogP contribution in [0.25, 0.3) is 0 Å². The predicted molar refractivity (Wildman–Crippen MR) is 80.9 cm³/mol. The Hall–Kier alpha value is -1.49. The third-order valence-electron chi connectivity index (χ3n) is 3.29. The van der Waals surface area contributed by atoms with Crippen molar-refractivity contribution < 1.29 is 9.18 Å². The van der Waals surface area contributed by atoms with Gasteiger partial charge in [0.1, 0.15) is 5.82 Å². The van der Waals surface area contributed by atoms with E-state index in [2.05, 4.69) is 6.08 Å². The summed E-state index contributed by atoms with van der Waals surface area (Å²) >= 11 is 1.22. The molecule has 3 nitrogen and oxygen atoms in total. The Bertz CT molecular complexity index is 531. The molecule has 0 bridgehead atoms. The number of thioether (sulfide) groups is 1. The molecule has 0 unspecified atom stereocenters. The number of amides is 1. The minimum absolute atomic E-state index is 0.0295. The van der Waals surface area contributed by atoms with E-state index in [1.807, 2.05) is 6.92 Å². The van der Waals surface area contributed by atoms with Gasteiger partial charge in [-0.1, -0.05) is 6.08 Å². The molecule has 0 heterocycles. The fraction of sp³-hybridized carbons (Fsp3) is 0.400. The van der Waals surface area contributed by atoms with Crippen LogP contribution in [0.3, 0.4) is 0 Å². The van der Waals surface area contributed by atoms with Crippen molar-refractivity contribution in [2.45, 2.75) is 31.1 Å². The van der Waals surface area contributed by atoms with Gasteiger partial charge in [0.2, 0.25) is 5.91 Å². The molecule has 1 amide bonds. The third-order valence-corrected chi connectivity index (χ3v) is 4.32. The minimum Gasteiger partial charge on any atom is -0.399 e. The summed E-state index contributed by atoms with van der Waals surface area (Å²) in [6, 6.07) is 4.55. The zero-order valence-corrected chi connectivity index (χ0v) is 12.4. The molecule has 0 radical (unpaired) electrons. The number of nitrogens with two attached hydrogens (primary N) is 1. The van der Waals surface area contributed by atoms with Crippen molar-refractivity contribution >= 4 is 23.4 Å². The van der Waals surface area contributed by atoms with E-state index in [0.29, 0.717) is 17.1 Å². The van der Waals surface area contributed by atoms with Gasteiger partial charge in [-0.25, -0.2) is 4.39 Å². The van der Waals surface area contributed by atoms with Crippen molar-refractivity contribution in [2.24, 2.45) is 0 Å². The van der Waals surface area contributed by atoms with Crippen molar-refractivity contribution in [3.8, 4) is 0 Å². The quantitative estimate of drug-likeness (QED) is 0.668. The topological polar surface area (TPSA) is 46.3 Å². The number of carbonyl (C=O) groups is 1. The highest BCUT2D eigenvalue weighted by molar-refractivity contribution is 8.00. The highest BCUT2D eigenvalue weighted by Crippen LogP contribution is 2.26. The van der Waals surface area contributed by atoms with Crippen LogP contribution in [0.2, 0.25) is 0 Å². The molecule has 20 heavy (non-hydrogen) atoms. The predicted octanol–water partition coefficient (Wildman–Crippen LogP) is 3.42. The first-order chi connectivity index (χ1) is 9.61. The van der Waals surface area contributed by atoms with E-state index in [-0.39, 0.29) is 17.5 Å². The molecule has 1 aliphatic rings. The summed E-state index contributed by atoms with van der Waals surface area (Å²) in [7, 11) is 0. The second-order valence-corrected chi connectivity index (χ2v) is 5.72. The molecule has 2 N–H and O–H groups in total. The number of halogens is 1. The summed E-state index contributed by atoms with van der Waals surface area (Å²) in [5.74, 6) is -0.0979. The normalized spacial score (nSPS) is 14.2. The van der Waals surface area contributed by atoms with Crippen molar-refractivity contribution in [2.75, 3.05) is 18.0 Å². The number of rotatable bonds is 5. The van der Waals surface area contributed by atoms with Crippen LogP contribution in [0.15, 0.2) is 34.9 Å². The van der Waals surface area contributed by atoms with E-state index >= 15 is 0 Å². The largest absolute Gasteiger partial charge is 0.399 e. The molecule has 0 saturated heterocycles. The van der Waals surface area contributed by atoms with Crippen molar-refractivity contribution in [1.82, 2.24) is 4.90 Å². The summed E-state index contributed by atoms with van der Waals surface area (Å²) in [6.07, 6.45) is 5.23. The molecule has 1 aromatic carbocycles. The molecule has 0 fully saturated rings. The van der Waals surface area contributed by atoms with Gasteiger partial charge in [-0.3, -0.25) is 4.79 Å². The molecule has 0 aromatic heterocycles. The first kappa shape index (κ1) is 14.9. The van der Waals surface area contributed by atoms with Gasteiger partial charge in [0.05, 0.1) is 5.75 Å². The zero-order chi connectivity index (χ0) is 14.5. The number of allylic oxidation sites excluding steroid dienone is 2.